The summed E-state index contributed by atoms with van der Waals surface area (Å²) in [7, 11) is 0. The molecule has 0 radical (unpaired) electrons. The van der Waals surface area contributed by atoms with Crippen molar-refractivity contribution in [2.45, 2.75) is 12.5 Å². The zero-order valence-electron chi connectivity index (χ0n) is 10.0. The van der Waals surface area contributed by atoms with Crippen molar-refractivity contribution in [1.29, 1.82) is 0 Å². The molecule has 0 spiro atoms. The molecule has 1 nitrogen and oxygen atoms in total. The average molecular weight is 305 g/mol. The number of hydrogen-bond acceptors (Lipinski definition) is 1. The first-order valence-electron chi connectivity index (χ1n) is 5.65. The number of aliphatic hydroxyl groups is 1. The summed E-state index contributed by atoms with van der Waals surface area (Å²) in [5.41, 5.74) is -0.0391. The lowest BCUT2D eigenvalue weighted by Gasteiger charge is -2.13. The van der Waals surface area contributed by atoms with Crippen molar-refractivity contribution < 1.29 is 22.7 Å². The molecule has 0 heterocycles. The van der Waals surface area contributed by atoms with Gasteiger partial charge in [0.2, 0.25) is 0 Å². The predicted molar refractivity (Wildman–Crippen MR) is 66.4 cm³/mol. The van der Waals surface area contributed by atoms with E-state index in [9.17, 15) is 22.7 Å². The summed E-state index contributed by atoms with van der Waals surface area (Å²) >= 11 is 5.40. The van der Waals surface area contributed by atoms with Gasteiger partial charge in [0, 0.05) is 12.0 Å². The van der Waals surface area contributed by atoms with Crippen molar-refractivity contribution in [3.05, 3.63) is 69.8 Å². The molecule has 1 N–H and O–H groups in total. The molecule has 0 aliphatic heterocycles. The molecule has 0 fully saturated rings. The summed E-state index contributed by atoms with van der Waals surface area (Å²) in [5.74, 6) is -3.83. The minimum atomic E-state index is -1.40. The fourth-order valence-corrected chi connectivity index (χ4v) is 1.94. The van der Waals surface area contributed by atoms with Gasteiger partial charge in [0.05, 0.1) is 11.1 Å². The minimum Gasteiger partial charge on any atom is -0.388 e. The number of benzene rings is 2. The lowest BCUT2D eigenvalue weighted by molar-refractivity contribution is 0.173. The van der Waals surface area contributed by atoms with E-state index < -0.39 is 34.4 Å². The maximum atomic E-state index is 13.6. The lowest BCUT2D eigenvalue weighted by atomic mass is 10.0. The quantitative estimate of drug-likeness (QED) is 0.666. The molecular weight excluding hydrogens is 296 g/mol. The van der Waals surface area contributed by atoms with Crippen LogP contribution < -0.4 is 0 Å². The van der Waals surface area contributed by atoms with E-state index in [1.165, 1.54) is 6.07 Å². The molecule has 106 valence electrons. The third-order valence-electron chi connectivity index (χ3n) is 2.81. The first kappa shape index (κ1) is 14.8. The molecule has 2 aromatic carbocycles. The van der Waals surface area contributed by atoms with Crippen LogP contribution in [-0.2, 0) is 6.42 Å². The van der Waals surface area contributed by atoms with Crippen LogP contribution in [0.5, 0.6) is 0 Å². The number of hydrogen-bond donors (Lipinski definition) is 1. The molecule has 1 atom stereocenters. The molecule has 2 rings (SSSR count). The average Bonchev–Trinajstić information content (AvgIpc) is 2.38. The van der Waals surface area contributed by atoms with Gasteiger partial charge in [-0.25, -0.2) is 17.6 Å². The first-order chi connectivity index (χ1) is 9.38. The van der Waals surface area contributed by atoms with E-state index in [0.29, 0.717) is 0 Å². The first-order valence-corrected chi connectivity index (χ1v) is 6.02. The third-order valence-corrected chi connectivity index (χ3v) is 3.10. The molecule has 0 bridgehead atoms. The van der Waals surface area contributed by atoms with Crippen LogP contribution in [0.4, 0.5) is 17.6 Å². The highest BCUT2D eigenvalue weighted by Gasteiger charge is 2.17. The fraction of sp³-hybridized carbons (Fsp3) is 0.143. The van der Waals surface area contributed by atoms with Gasteiger partial charge in [-0.15, -0.1) is 0 Å². The summed E-state index contributed by atoms with van der Waals surface area (Å²) in [4.78, 5) is 0. The van der Waals surface area contributed by atoms with Crippen molar-refractivity contribution in [3.63, 3.8) is 0 Å². The Morgan fingerprint density at radius 2 is 1.60 bits per heavy atom. The molecule has 6 heteroatoms. The van der Waals surface area contributed by atoms with E-state index in [1.54, 1.807) is 0 Å². The normalized spacial score (nSPS) is 12.5. The highest BCUT2D eigenvalue weighted by Crippen LogP contribution is 2.26. The molecule has 0 aliphatic carbocycles. The lowest BCUT2D eigenvalue weighted by Crippen LogP contribution is -2.06. The second-order valence-corrected chi connectivity index (χ2v) is 4.66. The Morgan fingerprint density at radius 3 is 2.25 bits per heavy atom. The van der Waals surface area contributed by atoms with E-state index in [-0.39, 0.29) is 17.5 Å². The Morgan fingerprint density at radius 1 is 0.900 bits per heavy atom. The van der Waals surface area contributed by atoms with Crippen LogP contribution in [-0.4, -0.2) is 5.11 Å². The van der Waals surface area contributed by atoms with Crippen LogP contribution in [0, 0.1) is 23.3 Å². The number of halogens is 5. The van der Waals surface area contributed by atoms with Crippen LogP contribution in [0.1, 0.15) is 17.2 Å². The minimum absolute atomic E-state index is 0.185. The van der Waals surface area contributed by atoms with Crippen molar-refractivity contribution >= 4 is 11.6 Å². The van der Waals surface area contributed by atoms with Crippen LogP contribution in [0.3, 0.4) is 0 Å². The second-order valence-electron chi connectivity index (χ2n) is 4.26. The molecule has 0 amide bonds. The highest BCUT2D eigenvalue weighted by atomic mass is 35.5. The summed E-state index contributed by atoms with van der Waals surface area (Å²) in [6.07, 6.45) is -1.58. The molecule has 20 heavy (non-hydrogen) atoms. The molecule has 1 unspecified atom stereocenters. The van der Waals surface area contributed by atoms with Gasteiger partial charge < -0.3 is 5.11 Å². The van der Waals surface area contributed by atoms with Crippen molar-refractivity contribution in [2.24, 2.45) is 0 Å². The number of aliphatic hydroxyl groups excluding tert-OH is 1. The summed E-state index contributed by atoms with van der Waals surface area (Å²) in [6.45, 7) is 0. The van der Waals surface area contributed by atoms with Gasteiger partial charge in [0.15, 0.2) is 11.6 Å². The van der Waals surface area contributed by atoms with E-state index >= 15 is 0 Å². The van der Waals surface area contributed by atoms with Gasteiger partial charge in [-0.3, -0.25) is 0 Å². The standard InChI is InChI=1S/C14H9ClF4O/c15-9-6-11(17)8(5-12(9)18)14(20)4-7-1-2-10(16)13(19)3-7/h1-3,5-6,14,20H,4H2. The molecule has 0 saturated carbocycles. The van der Waals surface area contributed by atoms with Gasteiger partial charge in [0.1, 0.15) is 11.6 Å². The topological polar surface area (TPSA) is 20.2 Å². The second kappa shape index (κ2) is 5.81. The zero-order valence-corrected chi connectivity index (χ0v) is 10.8. The maximum absolute atomic E-state index is 13.6. The van der Waals surface area contributed by atoms with Gasteiger partial charge >= 0.3 is 0 Å². The molecule has 0 aliphatic rings. The van der Waals surface area contributed by atoms with Gasteiger partial charge in [-0.1, -0.05) is 17.7 Å². The largest absolute Gasteiger partial charge is 0.388 e. The van der Waals surface area contributed by atoms with Crippen LogP contribution >= 0.6 is 11.6 Å². The Balaban J connectivity index is 2.25. The van der Waals surface area contributed by atoms with Gasteiger partial charge in [-0.05, 0) is 29.8 Å². The predicted octanol–water partition coefficient (Wildman–Crippen LogP) is 4.17. The summed E-state index contributed by atoms with van der Waals surface area (Å²) in [5, 5.41) is 9.47. The van der Waals surface area contributed by atoms with Crippen LogP contribution in [0.2, 0.25) is 5.02 Å². The fourth-order valence-electron chi connectivity index (χ4n) is 1.79. The Hall–Kier alpha value is -1.59. The molecular formula is C14H9ClF4O. The molecule has 0 saturated heterocycles. The van der Waals surface area contributed by atoms with Gasteiger partial charge in [-0.2, -0.15) is 0 Å². The van der Waals surface area contributed by atoms with Crippen molar-refractivity contribution in [3.8, 4) is 0 Å². The number of rotatable bonds is 3. The van der Waals surface area contributed by atoms with Gasteiger partial charge in [0.25, 0.3) is 0 Å². The smallest absolute Gasteiger partial charge is 0.159 e. The zero-order chi connectivity index (χ0) is 14.9. The van der Waals surface area contributed by atoms with Crippen molar-refractivity contribution in [2.75, 3.05) is 0 Å². The van der Waals surface area contributed by atoms with E-state index in [2.05, 4.69) is 0 Å². The Bertz CT molecular complexity index is 645. The third kappa shape index (κ3) is 3.11. The monoisotopic (exact) mass is 304 g/mol. The van der Waals surface area contributed by atoms with Crippen LogP contribution in [0.25, 0.3) is 0 Å². The van der Waals surface area contributed by atoms with E-state index in [4.69, 9.17) is 11.6 Å². The Kier molecular flexibility index (Phi) is 4.30. The van der Waals surface area contributed by atoms with Crippen LogP contribution in [0.15, 0.2) is 30.3 Å². The van der Waals surface area contributed by atoms with E-state index in [1.807, 2.05) is 0 Å². The summed E-state index contributed by atoms with van der Waals surface area (Å²) in [6, 6.07) is 4.58. The Labute approximate surface area is 117 Å². The highest BCUT2D eigenvalue weighted by molar-refractivity contribution is 6.30. The molecule has 2 aromatic rings. The summed E-state index contributed by atoms with van der Waals surface area (Å²) < 4.78 is 52.6. The van der Waals surface area contributed by atoms with E-state index in [0.717, 1.165) is 24.3 Å². The SMILES string of the molecule is OC(Cc1ccc(F)c(F)c1)c1cc(F)c(Cl)cc1F. The maximum Gasteiger partial charge on any atom is 0.159 e. The van der Waals surface area contributed by atoms with Crippen molar-refractivity contribution in [1.82, 2.24) is 0 Å². The molecule has 0 aromatic heterocycles.